The first kappa shape index (κ1) is 46.5. The van der Waals surface area contributed by atoms with Crippen LogP contribution in [-0.2, 0) is 39.9 Å². The van der Waals surface area contributed by atoms with Crippen LogP contribution in [-0.4, -0.2) is 120 Å². The van der Waals surface area contributed by atoms with Crippen molar-refractivity contribution in [2.75, 3.05) is 51.9 Å². The molecule has 310 valence electrons. The van der Waals surface area contributed by atoms with E-state index in [1.165, 1.54) is 16.7 Å². The average molecular weight is 818 g/mol. The fourth-order valence-corrected chi connectivity index (χ4v) is 7.83. The molecule has 2 aromatic rings. The number of hydrogen-bond acceptors (Lipinski definition) is 10. The van der Waals surface area contributed by atoms with E-state index in [2.05, 4.69) is 20.9 Å². The third kappa shape index (κ3) is 14.3. The highest BCUT2D eigenvalue weighted by Gasteiger charge is 2.51. The van der Waals surface area contributed by atoms with Crippen molar-refractivity contribution in [1.29, 1.82) is 0 Å². The number of aryl methyl sites for hydroxylation is 2. The number of ether oxygens (including phenoxy) is 3. The highest BCUT2D eigenvalue weighted by molar-refractivity contribution is 8.00. The van der Waals surface area contributed by atoms with Crippen molar-refractivity contribution >= 4 is 53.8 Å². The van der Waals surface area contributed by atoms with Crippen LogP contribution in [0.5, 0.6) is 5.75 Å². The van der Waals surface area contributed by atoms with Crippen molar-refractivity contribution in [2.45, 2.75) is 103 Å². The molecule has 15 heteroatoms. The SMILES string of the molecule is Cc1cccc(C)c1OCC(=O)N[C@@H](Cc1ccccc1)[C@H](OC(=O)CCC(=O)NCCCN1CCOCC1)C(=O)N1CSC(C)(C)[C@H]1C(=O)NC(C)(C)C.Cl. The lowest BCUT2D eigenvalue weighted by atomic mass is 9.96. The van der Waals surface area contributed by atoms with Gasteiger partial charge < -0.3 is 35.1 Å². The molecule has 0 saturated carbocycles. The van der Waals surface area contributed by atoms with Gasteiger partial charge in [-0.1, -0.05) is 48.5 Å². The van der Waals surface area contributed by atoms with Crippen LogP contribution in [0.25, 0.3) is 0 Å². The minimum atomic E-state index is -1.52. The molecule has 3 atom stereocenters. The summed E-state index contributed by atoms with van der Waals surface area (Å²) in [6, 6.07) is 13.0. The fraction of sp³-hybridized carbons (Fsp3) is 0.585. The van der Waals surface area contributed by atoms with Gasteiger partial charge >= 0.3 is 5.97 Å². The van der Waals surface area contributed by atoms with Gasteiger partial charge in [0.15, 0.2) is 6.61 Å². The molecule has 0 unspecified atom stereocenters. The zero-order valence-electron chi connectivity index (χ0n) is 33.8. The fourth-order valence-electron chi connectivity index (χ4n) is 6.69. The van der Waals surface area contributed by atoms with Crippen LogP contribution in [0, 0.1) is 13.8 Å². The van der Waals surface area contributed by atoms with Crippen LogP contribution >= 0.6 is 24.2 Å². The summed E-state index contributed by atoms with van der Waals surface area (Å²) in [5.74, 6) is -1.82. The zero-order valence-corrected chi connectivity index (χ0v) is 35.4. The van der Waals surface area contributed by atoms with Gasteiger partial charge in [-0.05, 0) is 84.5 Å². The molecule has 56 heavy (non-hydrogen) atoms. The van der Waals surface area contributed by atoms with Gasteiger partial charge in [0.25, 0.3) is 11.8 Å². The number of thioether (sulfide) groups is 1. The maximum atomic E-state index is 14.8. The lowest BCUT2D eigenvalue weighted by molar-refractivity contribution is -0.164. The largest absolute Gasteiger partial charge is 0.483 e. The lowest BCUT2D eigenvalue weighted by Crippen LogP contribution is -2.61. The van der Waals surface area contributed by atoms with Gasteiger partial charge in [0.2, 0.25) is 17.9 Å². The number of nitrogens with zero attached hydrogens (tertiary/aromatic N) is 2. The molecule has 2 fully saturated rings. The molecule has 2 heterocycles. The Morgan fingerprint density at radius 1 is 0.946 bits per heavy atom. The van der Waals surface area contributed by atoms with Crippen LogP contribution < -0.4 is 20.7 Å². The molecule has 13 nitrogen and oxygen atoms in total. The number of carbonyl (C=O) groups excluding carboxylic acids is 5. The molecule has 4 amide bonds. The molecule has 4 rings (SSSR count). The smallest absolute Gasteiger partial charge is 0.307 e. The number of hydrogen-bond donors (Lipinski definition) is 3. The van der Waals surface area contributed by atoms with E-state index in [1.807, 2.05) is 97.0 Å². The Morgan fingerprint density at radius 2 is 1.61 bits per heavy atom. The van der Waals surface area contributed by atoms with Crippen LogP contribution in [0.3, 0.4) is 0 Å². The van der Waals surface area contributed by atoms with E-state index >= 15 is 0 Å². The van der Waals surface area contributed by atoms with Crippen molar-refractivity contribution in [3.8, 4) is 5.75 Å². The summed E-state index contributed by atoms with van der Waals surface area (Å²) in [6.45, 7) is 17.2. The first-order chi connectivity index (χ1) is 26.0. The number of amides is 4. The first-order valence-corrected chi connectivity index (χ1v) is 20.1. The molecule has 0 spiro atoms. The summed E-state index contributed by atoms with van der Waals surface area (Å²) in [4.78, 5) is 72.1. The molecule has 2 aliphatic heterocycles. The number of nitrogens with one attached hydrogen (secondary N) is 3. The molecule has 2 aliphatic rings. The molecule has 3 N–H and O–H groups in total. The number of halogens is 1. The Bertz CT molecular complexity index is 1610. The van der Waals surface area contributed by atoms with Gasteiger partial charge in [-0.3, -0.25) is 28.9 Å². The van der Waals surface area contributed by atoms with E-state index in [4.69, 9.17) is 14.2 Å². The lowest BCUT2D eigenvalue weighted by Gasteiger charge is -2.36. The Morgan fingerprint density at radius 3 is 2.25 bits per heavy atom. The molecule has 0 aliphatic carbocycles. The van der Waals surface area contributed by atoms with Crippen LogP contribution in [0.1, 0.15) is 70.6 Å². The van der Waals surface area contributed by atoms with Crippen LogP contribution in [0.2, 0.25) is 0 Å². The number of para-hydroxylation sites is 1. The van der Waals surface area contributed by atoms with Crippen molar-refractivity contribution in [2.24, 2.45) is 0 Å². The number of carbonyl (C=O) groups is 5. The van der Waals surface area contributed by atoms with Gasteiger partial charge in [0.05, 0.1) is 31.6 Å². The van der Waals surface area contributed by atoms with Crippen molar-refractivity contribution < 1.29 is 38.2 Å². The predicted octanol–water partition coefficient (Wildman–Crippen LogP) is 3.96. The van der Waals surface area contributed by atoms with E-state index in [-0.39, 0.29) is 56.0 Å². The van der Waals surface area contributed by atoms with E-state index in [9.17, 15) is 24.0 Å². The van der Waals surface area contributed by atoms with Crippen molar-refractivity contribution in [1.82, 2.24) is 25.8 Å². The molecule has 0 aromatic heterocycles. The van der Waals surface area contributed by atoms with Gasteiger partial charge in [-0.15, -0.1) is 24.2 Å². The number of esters is 1. The van der Waals surface area contributed by atoms with Gasteiger partial charge in [-0.2, -0.15) is 0 Å². The summed E-state index contributed by atoms with van der Waals surface area (Å²) >= 11 is 1.44. The van der Waals surface area contributed by atoms with Crippen molar-refractivity contribution in [3.05, 3.63) is 65.2 Å². The quantitative estimate of drug-likeness (QED) is 0.158. The highest BCUT2D eigenvalue weighted by Crippen LogP contribution is 2.40. The number of morpholine rings is 1. The summed E-state index contributed by atoms with van der Waals surface area (Å²) in [6.07, 6.45) is -1.05. The third-order valence-corrected chi connectivity index (χ3v) is 10.9. The minimum absolute atomic E-state index is 0. The Labute approximate surface area is 342 Å². The Kier molecular flexibility index (Phi) is 18.0. The Balaban J connectivity index is 0.00000841. The summed E-state index contributed by atoms with van der Waals surface area (Å²) in [5, 5.41) is 8.79. The maximum absolute atomic E-state index is 14.8. The van der Waals surface area contributed by atoms with Crippen molar-refractivity contribution in [3.63, 3.8) is 0 Å². The van der Waals surface area contributed by atoms with Gasteiger partial charge in [0, 0.05) is 36.3 Å². The van der Waals surface area contributed by atoms with E-state index in [0.717, 1.165) is 42.7 Å². The predicted molar refractivity (Wildman–Crippen MR) is 220 cm³/mol. The van der Waals surface area contributed by atoms with Gasteiger partial charge in [0.1, 0.15) is 11.8 Å². The number of rotatable bonds is 17. The second-order valence-electron chi connectivity index (χ2n) is 15.8. The molecule has 2 saturated heterocycles. The topological polar surface area (TPSA) is 156 Å². The minimum Gasteiger partial charge on any atom is -0.483 e. The monoisotopic (exact) mass is 817 g/mol. The normalized spacial score (nSPS) is 17.8. The maximum Gasteiger partial charge on any atom is 0.307 e. The van der Waals surface area contributed by atoms with E-state index in [1.54, 1.807) is 0 Å². The second-order valence-corrected chi connectivity index (χ2v) is 17.4. The van der Waals surface area contributed by atoms with Crippen LogP contribution in [0.15, 0.2) is 48.5 Å². The molecule has 2 aromatic carbocycles. The van der Waals surface area contributed by atoms with E-state index < -0.39 is 46.3 Å². The highest BCUT2D eigenvalue weighted by atomic mass is 35.5. The standard InChI is InChI=1S/C41H59N5O8S.ClH/c1-28-13-11-14-29(2)35(28)53-26-33(48)43-31(25-30-15-9-8-10-16-30)36(39(51)46-27-55-41(6,7)37(46)38(50)44-40(3,4)5)54-34(49)18-17-32(47)42-19-12-20-45-21-23-52-24-22-45;/h8-11,13-16,31,36-37H,12,17-27H2,1-7H3,(H,42,47)(H,43,48)(H,44,50);1H/t31-,36-,37+;/m0./s1. The number of benzene rings is 2. The summed E-state index contributed by atoms with van der Waals surface area (Å²) in [5.41, 5.74) is 1.95. The molecule has 0 bridgehead atoms. The van der Waals surface area contributed by atoms with Gasteiger partial charge in [-0.25, -0.2) is 0 Å². The third-order valence-electron chi connectivity index (χ3n) is 9.48. The van der Waals surface area contributed by atoms with E-state index in [0.29, 0.717) is 25.5 Å². The molecular weight excluding hydrogens is 758 g/mol. The summed E-state index contributed by atoms with van der Waals surface area (Å²) in [7, 11) is 0. The second kappa shape index (κ2) is 21.6. The zero-order chi connectivity index (χ0) is 40.2. The first-order valence-electron chi connectivity index (χ1n) is 19.1. The summed E-state index contributed by atoms with van der Waals surface area (Å²) < 4.78 is 16.6. The average Bonchev–Trinajstić information content (AvgIpc) is 3.45. The Hall–Kier alpha value is -3.85. The van der Waals surface area contributed by atoms with Crippen LogP contribution in [0.4, 0.5) is 0 Å². The molecular formula is C41H60ClN5O8S. The molecule has 0 radical (unpaired) electrons.